The monoisotopic (exact) mass is 458 g/mol. The van der Waals surface area contributed by atoms with E-state index in [1.54, 1.807) is 6.20 Å². The van der Waals surface area contributed by atoms with Crippen molar-refractivity contribution < 1.29 is 8.98 Å². The highest BCUT2D eigenvalue weighted by Crippen LogP contribution is 2.34. The Balaban J connectivity index is 1.76. The summed E-state index contributed by atoms with van der Waals surface area (Å²) >= 11 is 0. The van der Waals surface area contributed by atoms with Gasteiger partial charge in [0, 0.05) is 35.4 Å². The van der Waals surface area contributed by atoms with Crippen LogP contribution < -0.4 is 4.57 Å². The molecule has 4 heteroatoms. The Labute approximate surface area is 205 Å². The molecule has 3 aromatic carbocycles. The number of fused-ring (bicyclic) bond motifs is 3. The molecule has 6 rings (SSSR count). The molecule has 0 fully saturated rings. The van der Waals surface area contributed by atoms with Crippen molar-refractivity contribution in [1.29, 1.82) is 0 Å². The van der Waals surface area contributed by atoms with E-state index in [9.17, 15) is 0 Å². The van der Waals surface area contributed by atoms with Crippen LogP contribution in [0.3, 0.4) is 0 Å². The molecule has 0 spiro atoms. The van der Waals surface area contributed by atoms with Crippen molar-refractivity contribution in [2.24, 2.45) is 0 Å². The Morgan fingerprint density at radius 3 is 2.26 bits per heavy atom. The van der Waals surface area contributed by atoms with E-state index in [2.05, 4.69) is 121 Å². The van der Waals surface area contributed by atoms with Gasteiger partial charge in [-0.25, -0.2) is 4.98 Å². The van der Waals surface area contributed by atoms with Crippen LogP contribution in [0.15, 0.2) is 95.5 Å². The fourth-order valence-electron chi connectivity index (χ4n) is 5.29. The number of imidazole rings is 1. The van der Waals surface area contributed by atoms with Gasteiger partial charge >= 0.3 is 0 Å². The lowest BCUT2D eigenvalue weighted by Gasteiger charge is -2.09. The Bertz CT molecular complexity index is 1680. The van der Waals surface area contributed by atoms with Gasteiger partial charge in [-0.2, -0.15) is 9.13 Å². The summed E-state index contributed by atoms with van der Waals surface area (Å²) in [5, 5.41) is 2.12. The van der Waals surface area contributed by atoms with Gasteiger partial charge in [0.1, 0.15) is 22.7 Å². The predicted molar refractivity (Wildman–Crippen MR) is 141 cm³/mol. The number of nitrogens with zero attached hydrogens (tertiary/aromatic N) is 3. The lowest BCUT2D eigenvalue weighted by molar-refractivity contribution is -0.590. The quantitative estimate of drug-likeness (QED) is 0.257. The lowest BCUT2D eigenvalue weighted by atomic mass is 10.1. The maximum atomic E-state index is 6.08. The second kappa shape index (κ2) is 8.24. The third-order valence-corrected chi connectivity index (χ3v) is 6.77. The van der Waals surface area contributed by atoms with E-state index >= 15 is 0 Å². The van der Waals surface area contributed by atoms with Crippen LogP contribution in [-0.4, -0.2) is 9.55 Å². The maximum absolute atomic E-state index is 6.08. The van der Waals surface area contributed by atoms with Crippen molar-refractivity contribution in [1.82, 2.24) is 9.55 Å². The lowest BCUT2D eigenvalue weighted by Crippen LogP contribution is -2.36. The fourth-order valence-corrected chi connectivity index (χ4v) is 5.29. The molecule has 0 saturated carbocycles. The van der Waals surface area contributed by atoms with E-state index in [0.29, 0.717) is 11.6 Å². The van der Waals surface area contributed by atoms with Crippen LogP contribution in [-0.2, 0) is 0 Å². The van der Waals surface area contributed by atoms with E-state index in [1.165, 1.54) is 17.0 Å². The second-order valence-electron chi connectivity index (χ2n) is 9.41. The van der Waals surface area contributed by atoms with E-state index in [0.717, 1.165) is 39.1 Å². The van der Waals surface area contributed by atoms with Gasteiger partial charge in [-0.3, -0.25) is 0 Å². The van der Waals surface area contributed by atoms with Crippen LogP contribution >= 0.6 is 0 Å². The van der Waals surface area contributed by atoms with Crippen molar-refractivity contribution >= 4 is 22.1 Å². The van der Waals surface area contributed by atoms with Crippen molar-refractivity contribution in [3.8, 4) is 22.8 Å². The summed E-state index contributed by atoms with van der Waals surface area (Å²) in [7, 11) is 0. The molecule has 4 nitrogen and oxygen atoms in total. The second-order valence-corrected chi connectivity index (χ2v) is 9.41. The van der Waals surface area contributed by atoms with Crippen LogP contribution in [0.4, 0.5) is 0 Å². The molecule has 0 atom stereocenters. The standard InChI is InChI=1S/C31H28N3O/c1-20(2)29-22(4)33(27-19-26-25-16-11-17-32-30(25)35-28(26)18-21(27)3)31(23-12-7-5-8-13-23)34(29)24-14-9-6-10-15-24/h5-20H,1-4H3/q+1. The normalized spacial score (nSPS) is 11.7. The average Bonchev–Trinajstić information content (AvgIpc) is 3.39. The molecule has 0 radical (unpaired) electrons. The first-order chi connectivity index (χ1) is 17.0. The number of hydrogen-bond acceptors (Lipinski definition) is 2. The maximum Gasteiger partial charge on any atom is 0.299 e. The van der Waals surface area contributed by atoms with Crippen molar-refractivity contribution in [2.75, 3.05) is 0 Å². The van der Waals surface area contributed by atoms with E-state index in [4.69, 9.17) is 4.42 Å². The largest absolute Gasteiger partial charge is 0.438 e. The summed E-state index contributed by atoms with van der Waals surface area (Å²) in [5.74, 6) is 1.48. The molecule has 0 aliphatic carbocycles. The Kier molecular flexibility index (Phi) is 5.03. The van der Waals surface area contributed by atoms with Gasteiger partial charge in [0.25, 0.3) is 5.82 Å². The summed E-state index contributed by atoms with van der Waals surface area (Å²) < 4.78 is 10.9. The predicted octanol–water partition coefficient (Wildman–Crippen LogP) is 7.46. The smallest absolute Gasteiger partial charge is 0.299 e. The van der Waals surface area contributed by atoms with Crippen LogP contribution in [0.25, 0.3) is 44.8 Å². The number of hydrogen-bond donors (Lipinski definition) is 0. The Morgan fingerprint density at radius 2 is 1.54 bits per heavy atom. The van der Waals surface area contributed by atoms with E-state index in [1.807, 2.05) is 6.07 Å². The molecule has 3 heterocycles. The topological polar surface area (TPSA) is 34.8 Å². The molecule has 172 valence electrons. The highest BCUT2D eigenvalue weighted by Gasteiger charge is 2.34. The third kappa shape index (κ3) is 3.36. The minimum atomic E-state index is 0.335. The third-order valence-electron chi connectivity index (χ3n) is 6.77. The molecular weight excluding hydrogens is 430 g/mol. The summed E-state index contributed by atoms with van der Waals surface area (Å²) in [4.78, 5) is 4.44. The van der Waals surface area contributed by atoms with Crippen molar-refractivity contribution in [2.45, 2.75) is 33.6 Å². The number of aryl methyl sites for hydroxylation is 1. The first-order valence-corrected chi connectivity index (χ1v) is 12.1. The minimum Gasteiger partial charge on any atom is -0.438 e. The number of pyridine rings is 1. The van der Waals surface area contributed by atoms with Gasteiger partial charge in [-0.1, -0.05) is 50.2 Å². The molecule has 0 amide bonds. The molecule has 0 N–H and O–H groups in total. The number of benzene rings is 3. The van der Waals surface area contributed by atoms with Crippen LogP contribution in [0.1, 0.15) is 36.7 Å². The highest BCUT2D eigenvalue weighted by molar-refractivity contribution is 6.04. The molecule has 0 unspecified atom stereocenters. The zero-order chi connectivity index (χ0) is 24.1. The summed E-state index contributed by atoms with van der Waals surface area (Å²) in [6, 6.07) is 29.8. The van der Waals surface area contributed by atoms with Gasteiger partial charge < -0.3 is 4.42 Å². The van der Waals surface area contributed by atoms with Gasteiger partial charge in [0.2, 0.25) is 5.71 Å². The van der Waals surface area contributed by atoms with Gasteiger partial charge in [0.15, 0.2) is 5.69 Å². The number of para-hydroxylation sites is 1. The Hall–Kier alpha value is -4.18. The van der Waals surface area contributed by atoms with Crippen LogP contribution in [0.2, 0.25) is 0 Å². The number of furan rings is 1. The number of rotatable bonds is 4. The Morgan fingerprint density at radius 1 is 0.829 bits per heavy atom. The van der Waals surface area contributed by atoms with Crippen LogP contribution in [0, 0.1) is 13.8 Å². The molecule has 6 aromatic rings. The van der Waals surface area contributed by atoms with E-state index in [-0.39, 0.29) is 0 Å². The average molecular weight is 459 g/mol. The highest BCUT2D eigenvalue weighted by atomic mass is 16.3. The zero-order valence-corrected chi connectivity index (χ0v) is 20.5. The van der Waals surface area contributed by atoms with Crippen LogP contribution in [0.5, 0.6) is 0 Å². The summed E-state index contributed by atoms with van der Waals surface area (Å²) in [6.07, 6.45) is 1.78. The molecule has 0 saturated heterocycles. The zero-order valence-electron chi connectivity index (χ0n) is 20.5. The van der Waals surface area contributed by atoms with Crippen molar-refractivity contribution in [3.63, 3.8) is 0 Å². The fraction of sp³-hybridized carbons (Fsp3) is 0.161. The van der Waals surface area contributed by atoms with Gasteiger partial charge in [-0.15, -0.1) is 0 Å². The molecule has 0 aliphatic heterocycles. The van der Waals surface area contributed by atoms with Crippen molar-refractivity contribution in [3.05, 3.63) is 108 Å². The molecule has 3 aromatic heterocycles. The molecule has 0 aliphatic rings. The first kappa shape index (κ1) is 21.4. The van der Waals surface area contributed by atoms with E-state index < -0.39 is 0 Å². The number of aromatic nitrogens is 3. The molecule has 0 bridgehead atoms. The minimum absolute atomic E-state index is 0.335. The molecular formula is C31H28N3O+. The summed E-state index contributed by atoms with van der Waals surface area (Å²) in [6.45, 7) is 8.93. The SMILES string of the molecule is Cc1cc2oc3ncccc3c2cc1-[n+]1c(C)c(C(C)C)n(-c2ccccc2)c1-c1ccccc1. The van der Waals surface area contributed by atoms with Gasteiger partial charge in [-0.05, 0) is 55.5 Å². The molecule has 35 heavy (non-hydrogen) atoms. The van der Waals surface area contributed by atoms with Gasteiger partial charge in [0.05, 0.1) is 5.56 Å². The summed E-state index contributed by atoms with van der Waals surface area (Å²) in [5.41, 5.74) is 8.71. The first-order valence-electron chi connectivity index (χ1n) is 12.1.